The molecule has 0 spiro atoms. The van der Waals surface area contributed by atoms with Crippen molar-refractivity contribution >= 4 is 11.3 Å². The van der Waals surface area contributed by atoms with Crippen LogP contribution in [0.25, 0.3) is 5.65 Å². The lowest BCUT2D eigenvalue weighted by Gasteiger charge is -2.34. The van der Waals surface area contributed by atoms with Gasteiger partial charge < -0.3 is 15.0 Å². The van der Waals surface area contributed by atoms with Crippen LogP contribution in [-0.2, 0) is 6.42 Å². The normalized spacial score (nSPS) is 21.0. The first-order valence-corrected chi connectivity index (χ1v) is 7.23. The van der Waals surface area contributed by atoms with Gasteiger partial charge in [-0.25, -0.2) is 4.98 Å². The van der Waals surface area contributed by atoms with Crippen molar-refractivity contribution in [3.8, 4) is 0 Å². The summed E-state index contributed by atoms with van der Waals surface area (Å²) in [4.78, 5) is 7.28. The van der Waals surface area contributed by atoms with Gasteiger partial charge in [0.2, 0.25) is 0 Å². The average molecular weight is 258 g/mol. The molecule has 1 fully saturated rings. The van der Waals surface area contributed by atoms with Gasteiger partial charge in [0.05, 0.1) is 5.69 Å². The second-order valence-corrected chi connectivity index (χ2v) is 5.44. The topological polar surface area (TPSA) is 46.6 Å². The van der Waals surface area contributed by atoms with Crippen LogP contribution >= 0.6 is 0 Å². The molecule has 2 aromatic heterocycles. The third-order valence-corrected chi connectivity index (χ3v) is 4.13. The number of likely N-dealkylation sites (tertiary alicyclic amines) is 1. The molecule has 0 amide bonds. The van der Waals surface area contributed by atoms with Gasteiger partial charge in [0.25, 0.3) is 0 Å². The third-order valence-electron chi connectivity index (χ3n) is 4.13. The number of fused-ring (bicyclic) bond motifs is 1. The molecule has 0 saturated carbocycles. The van der Waals surface area contributed by atoms with Gasteiger partial charge in [-0.3, -0.25) is 0 Å². The second-order valence-electron chi connectivity index (χ2n) is 5.44. The summed E-state index contributed by atoms with van der Waals surface area (Å²) in [6, 6.07) is 4.50. The van der Waals surface area contributed by atoms with Gasteiger partial charge in [-0.1, -0.05) is 13.3 Å². The minimum absolute atomic E-state index is 0.654. The zero-order valence-electron chi connectivity index (χ0n) is 11.5. The van der Waals surface area contributed by atoms with E-state index in [1.807, 2.05) is 18.3 Å². The molecule has 102 valence electrons. The van der Waals surface area contributed by atoms with Gasteiger partial charge in [0.1, 0.15) is 5.65 Å². The van der Waals surface area contributed by atoms with Gasteiger partial charge in [-0.05, 0) is 32.0 Å². The first kappa shape index (κ1) is 12.5. The molecule has 0 aliphatic carbocycles. The molecule has 1 saturated heterocycles. The Bertz CT molecular complexity index is 560. The Morgan fingerprint density at radius 2 is 2.32 bits per heavy atom. The molecule has 4 nitrogen and oxygen atoms in total. The molecule has 3 rings (SSSR count). The largest absolute Gasteiger partial charge is 0.399 e. The molecule has 0 bridgehead atoms. The highest BCUT2D eigenvalue weighted by Crippen LogP contribution is 2.20. The van der Waals surface area contributed by atoms with Crippen molar-refractivity contribution in [3.05, 3.63) is 30.2 Å². The highest BCUT2D eigenvalue weighted by molar-refractivity contribution is 5.52. The highest BCUT2D eigenvalue weighted by atomic mass is 15.2. The highest BCUT2D eigenvalue weighted by Gasteiger charge is 2.22. The number of aromatic nitrogens is 2. The number of nitrogen functional groups attached to an aromatic ring is 1. The number of piperidine rings is 1. The molecule has 0 radical (unpaired) electrons. The van der Waals surface area contributed by atoms with Crippen LogP contribution in [0.15, 0.2) is 24.5 Å². The molecule has 1 aliphatic heterocycles. The van der Waals surface area contributed by atoms with Gasteiger partial charge in [-0.15, -0.1) is 0 Å². The predicted octanol–water partition coefficient (Wildman–Crippen LogP) is 2.33. The van der Waals surface area contributed by atoms with Crippen LogP contribution < -0.4 is 5.73 Å². The molecule has 1 aliphatic rings. The van der Waals surface area contributed by atoms with Gasteiger partial charge in [0.15, 0.2) is 0 Å². The molecule has 3 heterocycles. The van der Waals surface area contributed by atoms with Crippen LogP contribution in [0.3, 0.4) is 0 Å². The maximum Gasteiger partial charge on any atom is 0.139 e. The molecule has 1 atom stereocenters. The van der Waals surface area contributed by atoms with Crippen LogP contribution in [0.5, 0.6) is 0 Å². The number of hydrogen-bond acceptors (Lipinski definition) is 3. The van der Waals surface area contributed by atoms with E-state index in [9.17, 15) is 0 Å². The van der Waals surface area contributed by atoms with Crippen LogP contribution in [0.1, 0.15) is 31.9 Å². The number of anilines is 1. The van der Waals surface area contributed by atoms with Gasteiger partial charge in [0, 0.05) is 36.6 Å². The molecular weight excluding hydrogens is 236 g/mol. The Hall–Kier alpha value is -1.55. The molecular formula is C15H22N4. The van der Waals surface area contributed by atoms with Crippen molar-refractivity contribution in [2.75, 3.05) is 18.8 Å². The quantitative estimate of drug-likeness (QED) is 0.919. The van der Waals surface area contributed by atoms with Gasteiger partial charge >= 0.3 is 0 Å². The summed E-state index contributed by atoms with van der Waals surface area (Å²) >= 11 is 0. The summed E-state index contributed by atoms with van der Waals surface area (Å²) in [6.45, 7) is 4.63. The van der Waals surface area contributed by atoms with Crippen molar-refractivity contribution in [1.29, 1.82) is 0 Å². The van der Waals surface area contributed by atoms with Crippen LogP contribution in [-0.4, -0.2) is 33.4 Å². The average Bonchev–Trinajstić information content (AvgIpc) is 2.80. The van der Waals surface area contributed by atoms with E-state index in [-0.39, 0.29) is 0 Å². The Balaban J connectivity index is 1.80. The van der Waals surface area contributed by atoms with Gasteiger partial charge in [-0.2, -0.15) is 0 Å². The van der Waals surface area contributed by atoms with E-state index in [2.05, 4.69) is 22.4 Å². The summed E-state index contributed by atoms with van der Waals surface area (Å²) in [7, 11) is 0. The molecule has 0 aromatic carbocycles. The number of hydrogen-bond donors (Lipinski definition) is 1. The van der Waals surface area contributed by atoms with E-state index in [1.165, 1.54) is 31.5 Å². The van der Waals surface area contributed by atoms with E-state index in [4.69, 9.17) is 10.7 Å². The van der Waals surface area contributed by atoms with Crippen LogP contribution in [0, 0.1) is 0 Å². The van der Waals surface area contributed by atoms with E-state index in [0.29, 0.717) is 6.04 Å². The fourth-order valence-corrected chi connectivity index (χ4v) is 3.10. The Morgan fingerprint density at radius 1 is 1.42 bits per heavy atom. The summed E-state index contributed by atoms with van der Waals surface area (Å²) in [5, 5.41) is 0. The smallest absolute Gasteiger partial charge is 0.139 e. The minimum atomic E-state index is 0.654. The maximum absolute atomic E-state index is 5.80. The van der Waals surface area contributed by atoms with Crippen LogP contribution in [0.2, 0.25) is 0 Å². The first-order chi connectivity index (χ1) is 9.26. The Kier molecular flexibility index (Phi) is 3.42. The minimum Gasteiger partial charge on any atom is -0.399 e. The van der Waals surface area contributed by atoms with E-state index < -0.39 is 0 Å². The molecule has 1 unspecified atom stereocenters. The lowest BCUT2D eigenvalue weighted by Crippen LogP contribution is -2.40. The molecule has 2 N–H and O–H groups in total. The number of nitrogens with two attached hydrogens (primary N) is 1. The number of pyridine rings is 1. The van der Waals surface area contributed by atoms with Crippen molar-refractivity contribution in [3.63, 3.8) is 0 Å². The van der Waals surface area contributed by atoms with E-state index in [1.54, 1.807) is 0 Å². The first-order valence-electron chi connectivity index (χ1n) is 7.23. The van der Waals surface area contributed by atoms with Crippen molar-refractivity contribution < 1.29 is 0 Å². The monoisotopic (exact) mass is 258 g/mol. The fraction of sp³-hybridized carbons (Fsp3) is 0.533. The van der Waals surface area contributed by atoms with Crippen LogP contribution in [0.4, 0.5) is 5.69 Å². The lowest BCUT2D eigenvalue weighted by atomic mass is 9.98. The second kappa shape index (κ2) is 5.21. The summed E-state index contributed by atoms with van der Waals surface area (Å²) in [5.74, 6) is 0. The SMILES string of the molecule is CCN1CCCCC1Cc1cn2ccc(N)cc2n1. The molecule has 2 aromatic rings. The fourth-order valence-electron chi connectivity index (χ4n) is 3.10. The van der Waals surface area contributed by atoms with Crippen molar-refractivity contribution in [2.45, 2.75) is 38.6 Å². The number of rotatable bonds is 3. The molecule has 4 heteroatoms. The van der Waals surface area contributed by atoms with E-state index in [0.717, 1.165) is 24.3 Å². The predicted molar refractivity (Wildman–Crippen MR) is 78.2 cm³/mol. The zero-order chi connectivity index (χ0) is 13.2. The maximum atomic E-state index is 5.80. The number of nitrogens with zero attached hydrogens (tertiary/aromatic N) is 3. The number of imidazole rings is 1. The third kappa shape index (κ3) is 2.59. The number of likely N-dealkylation sites (N-methyl/N-ethyl adjacent to an activating group) is 1. The summed E-state index contributed by atoms with van der Waals surface area (Å²) in [6.07, 6.45) is 9.16. The van der Waals surface area contributed by atoms with E-state index >= 15 is 0 Å². The Morgan fingerprint density at radius 3 is 3.16 bits per heavy atom. The summed E-state index contributed by atoms with van der Waals surface area (Å²) in [5.41, 5.74) is 8.70. The van der Waals surface area contributed by atoms with Crippen molar-refractivity contribution in [1.82, 2.24) is 14.3 Å². The Labute approximate surface area is 114 Å². The lowest BCUT2D eigenvalue weighted by molar-refractivity contribution is 0.155. The molecule has 19 heavy (non-hydrogen) atoms. The summed E-state index contributed by atoms with van der Waals surface area (Å²) < 4.78 is 2.06. The zero-order valence-corrected chi connectivity index (χ0v) is 11.5. The standard InChI is InChI=1S/C15H22N4/c1-2-18-7-4-3-5-14(18)10-13-11-19-8-6-12(16)9-15(19)17-13/h6,8-9,11,14H,2-5,7,10,16H2,1H3. The van der Waals surface area contributed by atoms with Crippen molar-refractivity contribution in [2.24, 2.45) is 0 Å².